The Morgan fingerprint density at radius 1 is 1.22 bits per heavy atom. The predicted octanol–water partition coefficient (Wildman–Crippen LogP) is 2.91. The molecule has 1 atom stereocenters. The van der Waals surface area contributed by atoms with E-state index in [9.17, 15) is 35.9 Å². The van der Waals surface area contributed by atoms with Crippen LogP contribution in [0.3, 0.4) is 0 Å². The molecule has 2 aliphatic rings. The van der Waals surface area contributed by atoms with Crippen LogP contribution in [0.5, 0.6) is 0 Å². The third kappa shape index (κ3) is 4.30. The van der Waals surface area contributed by atoms with E-state index in [1.165, 1.54) is 10.6 Å². The van der Waals surface area contributed by atoms with Crippen LogP contribution in [-0.4, -0.2) is 69.5 Å². The van der Waals surface area contributed by atoms with Gasteiger partial charge in [0.2, 0.25) is 0 Å². The molecule has 1 saturated heterocycles. The summed E-state index contributed by atoms with van der Waals surface area (Å²) >= 11 is 0. The summed E-state index contributed by atoms with van der Waals surface area (Å²) in [7, 11) is 0. The van der Waals surface area contributed by atoms with Gasteiger partial charge in [-0.1, -0.05) is 0 Å². The fourth-order valence-electron chi connectivity index (χ4n) is 3.67. The average molecular weight is 464 g/mol. The Bertz CT molecular complexity index is 1060. The lowest BCUT2D eigenvalue weighted by Gasteiger charge is -2.21. The minimum Gasteiger partial charge on any atom is -0.340 e. The number of carbonyl (C=O) groups excluding carboxylic acids is 2. The Morgan fingerprint density at radius 2 is 1.91 bits per heavy atom. The third-order valence-corrected chi connectivity index (χ3v) is 5.36. The number of fused-ring (bicyclic) bond motifs is 1. The van der Waals surface area contributed by atoms with Crippen LogP contribution in [0.15, 0.2) is 12.3 Å². The van der Waals surface area contributed by atoms with Crippen LogP contribution in [0.1, 0.15) is 28.9 Å². The second-order valence-corrected chi connectivity index (χ2v) is 7.85. The summed E-state index contributed by atoms with van der Waals surface area (Å²) in [4.78, 5) is 30.8. The monoisotopic (exact) mass is 464 g/mol. The summed E-state index contributed by atoms with van der Waals surface area (Å²) in [6.07, 6.45) is -7.40. The van der Waals surface area contributed by atoms with E-state index in [-0.39, 0.29) is 30.1 Å². The first kappa shape index (κ1) is 22.1. The fraction of sp³-hybridized carbons (Fsp3) is 0.556. The van der Waals surface area contributed by atoms with Gasteiger partial charge in [0, 0.05) is 24.8 Å². The number of aromatic nitrogens is 3. The molecule has 2 fully saturated rings. The van der Waals surface area contributed by atoms with E-state index in [0.717, 1.165) is 11.1 Å². The van der Waals surface area contributed by atoms with Gasteiger partial charge in [-0.2, -0.15) is 31.4 Å². The Balaban J connectivity index is 1.62. The van der Waals surface area contributed by atoms with Gasteiger partial charge in [-0.25, -0.2) is 14.3 Å². The number of amides is 3. The van der Waals surface area contributed by atoms with Gasteiger partial charge >= 0.3 is 18.4 Å². The molecule has 8 nitrogen and oxygen atoms in total. The summed E-state index contributed by atoms with van der Waals surface area (Å²) in [6, 6.07) is -1.50. The Labute approximate surface area is 177 Å². The smallest absolute Gasteiger partial charge is 0.340 e. The van der Waals surface area contributed by atoms with Gasteiger partial charge in [0.1, 0.15) is 24.0 Å². The van der Waals surface area contributed by atoms with E-state index < -0.39 is 42.8 Å². The molecule has 14 heteroatoms. The Morgan fingerprint density at radius 3 is 2.50 bits per heavy atom. The zero-order valence-corrected chi connectivity index (χ0v) is 16.7. The van der Waals surface area contributed by atoms with Crippen LogP contribution in [0.4, 0.5) is 37.0 Å². The van der Waals surface area contributed by atoms with E-state index >= 15 is 0 Å². The Hall–Kier alpha value is -3.06. The van der Waals surface area contributed by atoms with E-state index in [2.05, 4.69) is 10.1 Å². The molecule has 0 radical (unpaired) electrons. The number of nitrogens with one attached hydrogen (secondary N) is 1. The van der Waals surface area contributed by atoms with Gasteiger partial charge in [0.25, 0.3) is 5.91 Å². The van der Waals surface area contributed by atoms with Crippen LogP contribution >= 0.6 is 0 Å². The van der Waals surface area contributed by atoms with Crippen molar-refractivity contribution in [3.05, 3.63) is 23.5 Å². The first-order chi connectivity index (χ1) is 14.8. The first-order valence-corrected chi connectivity index (χ1v) is 9.71. The molecule has 0 bridgehead atoms. The second kappa shape index (κ2) is 7.52. The highest BCUT2D eigenvalue weighted by atomic mass is 19.4. The fourth-order valence-corrected chi connectivity index (χ4v) is 3.67. The molecule has 2 aromatic heterocycles. The molecule has 0 spiro atoms. The highest BCUT2D eigenvalue weighted by molar-refractivity contribution is 6.00. The standard InChI is InChI=1S/C18H18F6N6O2/c1-9-6-12(29-5-4-28(16(29)32)8-17(19,20)21)26-14-11(7-25-30(9)14)15(31)27-13(10-2-3-10)18(22,23)24/h6-7,10,13H,2-5,8H2,1H3,(H,27,31). The topological polar surface area (TPSA) is 82.8 Å². The third-order valence-electron chi connectivity index (χ3n) is 5.36. The van der Waals surface area contributed by atoms with Crippen molar-refractivity contribution in [2.45, 2.75) is 38.2 Å². The molecule has 1 N–H and O–H groups in total. The summed E-state index contributed by atoms with van der Waals surface area (Å²) in [5.41, 5.74) is 0.0561. The lowest BCUT2D eigenvalue weighted by atomic mass is 10.1. The molecule has 1 unspecified atom stereocenters. The molecule has 1 saturated carbocycles. The summed E-state index contributed by atoms with van der Waals surface area (Å²) < 4.78 is 79.0. The lowest BCUT2D eigenvalue weighted by molar-refractivity contribution is -0.158. The minimum absolute atomic E-state index is 0.0196. The van der Waals surface area contributed by atoms with Crippen LogP contribution in [0.25, 0.3) is 5.65 Å². The highest BCUT2D eigenvalue weighted by Gasteiger charge is 2.50. The molecule has 1 aliphatic carbocycles. The molecule has 32 heavy (non-hydrogen) atoms. The number of nitrogens with zero attached hydrogens (tertiary/aromatic N) is 5. The predicted molar refractivity (Wildman–Crippen MR) is 98.1 cm³/mol. The molecule has 3 heterocycles. The van der Waals surface area contributed by atoms with Crippen molar-refractivity contribution < 1.29 is 35.9 Å². The van der Waals surface area contributed by atoms with Crippen molar-refractivity contribution in [1.82, 2.24) is 24.8 Å². The minimum atomic E-state index is -4.61. The molecule has 1 aliphatic heterocycles. The quantitative estimate of drug-likeness (QED) is 0.690. The molecular formula is C18H18F6N6O2. The zero-order valence-electron chi connectivity index (χ0n) is 16.7. The van der Waals surface area contributed by atoms with Crippen molar-refractivity contribution in [3.8, 4) is 0 Å². The van der Waals surface area contributed by atoms with Gasteiger partial charge in [0.05, 0.1) is 6.20 Å². The molecule has 3 amide bonds. The molecule has 174 valence electrons. The van der Waals surface area contributed by atoms with Crippen molar-refractivity contribution in [3.63, 3.8) is 0 Å². The van der Waals surface area contributed by atoms with Crippen LogP contribution < -0.4 is 10.2 Å². The number of carbonyl (C=O) groups is 2. The maximum atomic E-state index is 13.3. The zero-order chi connectivity index (χ0) is 23.4. The summed E-state index contributed by atoms with van der Waals surface area (Å²) in [6.45, 7) is -0.0932. The van der Waals surface area contributed by atoms with E-state index in [1.54, 1.807) is 6.92 Å². The van der Waals surface area contributed by atoms with Crippen molar-refractivity contribution >= 4 is 23.4 Å². The van der Waals surface area contributed by atoms with Gasteiger partial charge in [-0.05, 0) is 25.7 Å². The lowest BCUT2D eigenvalue weighted by Crippen LogP contribution is -2.46. The van der Waals surface area contributed by atoms with Gasteiger partial charge < -0.3 is 10.2 Å². The molecule has 2 aromatic rings. The number of hydrogen-bond donors (Lipinski definition) is 1. The molecule has 0 aromatic carbocycles. The van der Waals surface area contributed by atoms with E-state index in [1.807, 2.05) is 5.32 Å². The van der Waals surface area contributed by atoms with E-state index in [0.29, 0.717) is 23.4 Å². The number of aryl methyl sites for hydroxylation is 1. The maximum Gasteiger partial charge on any atom is 0.408 e. The van der Waals surface area contributed by atoms with Gasteiger partial charge in [-0.3, -0.25) is 9.69 Å². The average Bonchev–Trinajstić information content (AvgIpc) is 3.31. The Kier molecular flexibility index (Phi) is 5.20. The largest absolute Gasteiger partial charge is 0.408 e. The number of hydrogen-bond acceptors (Lipinski definition) is 4. The van der Waals surface area contributed by atoms with Crippen molar-refractivity contribution in [2.75, 3.05) is 24.5 Å². The van der Waals surface area contributed by atoms with Crippen molar-refractivity contribution in [1.29, 1.82) is 0 Å². The van der Waals surface area contributed by atoms with Gasteiger partial charge in [-0.15, -0.1) is 0 Å². The SMILES string of the molecule is Cc1cc(N2CCN(CC(F)(F)F)C2=O)nc2c(C(=O)NC(C3CC3)C(F)(F)F)cnn12. The molecular weight excluding hydrogens is 446 g/mol. The maximum absolute atomic E-state index is 13.3. The number of alkyl halides is 6. The second-order valence-electron chi connectivity index (χ2n) is 7.85. The van der Waals surface area contributed by atoms with E-state index in [4.69, 9.17) is 0 Å². The summed E-state index contributed by atoms with van der Waals surface area (Å²) in [5, 5.41) is 5.96. The van der Waals surface area contributed by atoms with Gasteiger partial charge in [0.15, 0.2) is 5.65 Å². The molecule has 4 rings (SSSR count). The number of anilines is 1. The van der Waals surface area contributed by atoms with Crippen molar-refractivity contribution in [2.24, 2.45) is 5.92 Å². The normalized spacial score (nSPS) is 18.5. The van der Waals surface area contributed by atoms with Crippen LogP contribution in [-0.2, 0) is 0 Å². The van der Waals surface area contributed by atoms with Crippen LogP contribution in [0.2, 0.25) is 0 Å². The highest BCUT2D eigenvalue weighted by Crippen LogP contribution is 2.40. The number of urea groups is 1. The van der Waals surface area contributed by atoms with Crippen LogP contribution in [0, 0.1) is 12.8 Å². The number of rotatable bonds is 5. The first-order valence-electron chi connectivity index (χ1n) is 9.71. The summed E-state index contributed by atoms with van der Waals surface area (Å²) in [5.74, 6) is -1.73. The number of halogens is 6.